The molecule has 1 aromatic rings. The van der Waals surface area contributed by atoms with E-state index in [1.165, 1.54) is 0 Å². The van der Waals surface area contributed by atoms with Crippen LogP contribution in [0.3, 0.4) is 0 Å². The van der Waals surface area contributed by atoms with Crippen molar-refractivity contribution < 1.29 is 15.0 Å². The summed E-state index contributed by atoms with van der Waals surface area (Å²) < 4.78 is 0. The second-order valence-corrected chi connectivity index (χ2v) is 5.68. The van der Waals surface area contributed by atoms with Crippen LogP contribution in [0, 0.1) is 0 Å². The molecule has 0 saturated carbocycles. The zero-order chi connectivity index (χ0) is 14.5. The minimum absolute atomic E-state index is 0.0425. The Morgan fingerprint density at radius 2 is 2.00 bits per heavy atom. The molecule has 0 aliphatic heterocycles. The summed E-state index contributed by atoms with van der Waals surface area (Å²) in [6, 6.07) is 5.47. The van der Waals surface area contributed by atoms with Gasteiger partial charge in [-0.1, -0.05) is 32.9 Å². The molecule has 1 aromatic carbocycles. The number of aliphatic hydroxyl groups excluding tert-OH is 1. The first-order valence-electron chi connectivity index (χ1n) is 6.54. The summed E-state index contributed by atoms with van der Waals surface area (Å²) in [5.74, 6) is 0.223. The third-order valence-electron chi connectivity index (χ3n) is 2.94. The van der Waals surface area contributed by atoms with Gasteiger partial charge in [0.15, 0.2) is 0 Å². The van der Waals surface area contributed by atoms with E-state index in [0.717, 1.165) is 11.1 Å². The number of phenols is 1. The van der Waals surface area contributed by atoms with E-state index in [1.54, 1.807) is 6.07 Å². The van der Waals surface area contributed by atoms with Crippen molar-refractivity contribution in [2.45, 2.75) is 39.0 Å². The van der Waals surface area contributed by atoms with Gasteiger partial charge in [-0.2, -0.15) is 0 Å². The highest BCUT2D eigenvalue weighted by atomic mass is 16.3. The van der Waals surface area contributed by atoms with Crippen molar-refractivity contribution in [2.75, 3.05) is 13.2 Å². The number of benzene rings is 1. The van der Waals surface area contributed by atoms with Crippen molar-refractivity contribution in [3.63, 3.8) is 0 Å². The highest BCUT2D eigenvalue weighted by molar-refractivity contribution is 5.76. The second-order valence-electron chi connectivity index (χ2n) is 5.68. The molecule has 19 heavy (non-hydrogen) atoms. The lowest BCUT2D eigenvalue weighted by Crippen LogP contribution is -2.26. The van der Waals surface area contributed by atoms with Crippen LogP contribution in [0.15, 0.2) is 18.2 Å². The number of hydrogen-bond donors (Lipinski definition) is 3. The normalized spacial score (nSPS) is 11.4. The number of amides is 1. The first-order valence-corrected chi connectivity index (χ1v) is 6.54. The molecule has 0 aromatic heterocycles. The maximum absolute atomic E-state index is 11.5. The number of aryl methyl sites for hydroxylation is 1. The molecular formula is C15H23NO3. The zero-order valence-electron chi connectivity index (χ0n) is 11.9. The monoisotopic (exact) mass is 265 g/mol. The van der Waals surface area contributed by atoms with Crippen molar-refractivity contribution in [3.05, 3.63) is 29.3 Å². The molecule has 0 radical (unpaired) electrons. The summed E-state index contributed by atoms with van der Waals surface area (Å²) >= 11 is 0. The molecule has 0 atom stereocenters. The van der Waals surface area contributed by atoms with Gasteiger partial charge in [0.2, 0.25) is 5.91 Å². The number of phenolic OH excluding ortho intramolecular Hbond substituents is 1. The Morgan fingerprint density at radius 3 is 2.58 bits per heavy atom. The molecule has 0 aliphatic rings. The molecule has 1 amide bonds. The van der Waals surface area contributed by atoms with Crippen molar-refractivity contribution >= 4 is 5.91 Å². The van der Waals surface area contributed by atoms with E-state index in [9.17, 15) is 9.90 Å². The standard InChI is InChI=1S/C15H23NO3/c1-15(2,3)12-10-11(4-6-13(12)18)5-7-14(19)16-8-9-17/h4,6,10,17-18H,5,7-9H2,1-3H3,(H,16,19). The lowest BCUT2D eigenvalue weighted by molar-refractivity contribution is -0.121. The number of nitrogens with one attached hydrogen (secondary N) is 1. The Balaban J connectivity index is 2.68. The van der Waals surface area contributed by atoms with E-state index >= 15 is 0 Å². The number of hydrogen-bond acceptors (Lipinski definition) is 3. The van der Waals surface area contributed by atoms with Gasteiger partial charge in [0, 0.05) is 13.0 Å². The fourth-order valence-electron chi connectivity index (χ4n) is 1.88. The zero-order valence-corrected chi connectivity index (χ0v) is 11.9. The number of carbonyl (C=O) groups is 1. The first-order chi connectivity index (χ1) is 8.84. The molecule has 4 nitrogen and oxygen atoms in total. The van der Waals surface area contributed by atoms with E-state index < -0.39 is 0 Å². The summed E-state index contributed by atoms with van der Waals surface area (Å²) in [4.78, 5) is 11.5. The van der Waals surface area contributed by atoms with Gasteiger partial charge in [-0.3, -0.25) is 4.79 Å². The minimum atomic E-state index is -0.126. The predicted octanol–water partition coefficient (Wildman–Crippen LogP) is 1.73. The third kappa shape index (κ3) is 4.91. The average molecular weight is 265 g/mol. The summed E-state index contributed by atoms with van der Waals surface area (Å²) in [7, 11) is 0. The predicted molar refractivity (Wildman–Crippen MR) is 75.2 cm³/mol. The molecule has 0 saturated heterocycles. The number of rotatable bonds is 5. The molecule has 1 rings (SSSR count). The van der Waals surface area contributed by atoms with Gasteiger partial charge in [0.05, 0.1) is 6.61 Å². The van der Waals surface area contributed by atoms with E-state index in [1.807, 2.05) is 32.9 Å². The van der Waals surface area contributed by atoms with Crippen LogP contribution < -0.4 is 5.32 Å². The molecule has 0 aliphatic carbocycles. The van der Waals surface area contributed by atoms with E-state index in [-0.39, 0.29) is 17.9 Å². The molecule has 0 fully saturated rings. The molecule has 0 heterocycles. The van der Waals surface area contributed by atoms with Crippen LogP contribution in [-0.4, -0.2) is 29.3 Å². The van der Waals surface area contributed by atoms with Gasteiger partial charge in [-0.25, -0.2) is 0 Å². The third-order valence-corrected chi connectivity index (χ3v) is 2.94. The maximum atomic E-state index is 11.5. The number of carbonyl (C=O) groups excluding carboxylic acids is 1. The van der Waals surface area contributed by atoms with Gasteiger partial charge < -0.3 is 15.5 Å². The molecular weight excluding hydrogens is 242 g/mol. The lowest BCUT2D eigenvalue weighted by Gasteiger charge is -2.21. The van der Waals surface area contributed by atoms with E-state index in [4.69, 9.17) is 5.11 Å². The molecule has 0 spiro atoms. The van der Waals surface area contributed by atoms with Gasteiger partial charge in [0.1, 0.15) is 5.75 Å². The Hall–Kier alpha value is -1.55. The van der Waals surface area contributed by atoms with E-state index in [0.29, 0.717) is 25.1 Å². The highest BCUT2D eigenvalue weighted by Gasteiger charge is 2.18. The Labute approximate surface area is 114 Å². The fourth-order valence-corrected chi connectivity index (χ4v) is 1.88. The van der Waals surface area contributed by atoms with Gasteiger partial charge in [-0.05, 0) is 29.0 Å². The summed E-state index contributed by atoms with van der Waals surface area (Å²) in [5, 5.41) is 21.1. The number of aromatic hydroxyl groups is 1. The largest absolute Gasteiger partial charge is 0.508 e. The van der Waals surface area contributed by atoms with E-state index in [2.05, 4.69) is 5.32 Å². The van der Waals surface area contributed by atoms with Gasteiger partial charge in [0.25, 0.3) is 0 Å². The molecule has 106 valence electrons. The lowest BCUT2D eigenvalue weighted by atomic mass is 9.85. The minimum Gasteiger partial charge on any atom is -0.508 e. The van der Waals surface area contributed by atoms with Crippen LogP contribution in [0.1, 0.15) is 38.3 Å². The Kier molecular flexibility index (Phi) is 5.36. The van der Waals surface area contributed by atoms with Crippen LogP contribution in [0.5, 0.6) is 5.75 Å². The molecule has 4 heteroatoms. The molecule has 0 unspecified atom stereocenters. The van der Waals surface area contributed by atoms with Gasteiger partial charge >= 0.3 is 0 Å². The summed E-state index contributed by atoms with van der Waals surface area (Å²) in [5.41, 5.74) is 1.79. The van der Waals surface area contributed by atoms with Crippen LogP contribution in [0.2, 0.25) is 0 Å². The van der Waals surface area contributed by atoms with Crippen molar-refractivity contribution in [3.8, 4) is 5.75 Å². The second kappa shape index (κ2) is 6.57. The topological polar surface area (TPSA) is 69.6 Å². The van der Waals surface area contributed by atoms with Crippen LogP contribution in [0.4, 0.5) is 0 Å². The van der Waals surface area contributed by atoms with Crippen molar-refractivity contribution in [2.24, 2.45) is 0 Å². The average Bonchev–Trinajstić information content (AvgIpc) is 2.34. The smallest absolute Gasteiger partial charge is 0.220 e. The first kappa shape index (κ1) is 15.5. The molecule has 3 N–H and O–H groups in total. The van der Waals surface area contributed by atoms with Crippen LogP contribution >= 0.6 is 0 Å². The number of aliphatic hydroxyl groups is 1. The van der Waals surface area contributed by atoms with Crippen LogP contribution in [0.25, 0.3) is 0 Å². The van der Waals surface area contributed by atoms with Crippen molar-refractivity contribution in [1.29, 1.82) is 0 Å². The maximum Gasteiger partial charge on any atom is 0.220 e. The highest BCUT2D eigenvalue weighted by Crippen LogP contribution is 2.31. The molecule has 0 bridgehead atoms. The van der Waals surface area contributed by atoms with Gasteiger partial charge in [-0.15, -0.1) is 0 Å². The van der Waals surface area contributed by atoms with Crippen molar-refractivity contribution in [1.82, 2.24) is 5.32 Å². The SMILES string of the molecule is CC(C)(C)c1cc(CCC(=O)NCCO)ccc1O. The fraction of sp³-hybridized carbons (Fsp3) is 0.533. The summed E-state index contributed by atoms with van der Waals surface area (Å²) in [6.07, 6.45) is 1.01. The quantitative estimate of drug-likeness (QED) is 0.759. The Bertz CT molecular complexity index is 436. The summed E-state index contributed by atoms with van der Waals surface area (Å²) in [6.45, 7) is 6.38. The van der Waals surface area contributed by atoms with Crippen LogP contribution in [-0.2, 0) is 16.6 Å². The Morgan fingerprint density at radius 1 is 1.32 bits per heavy atom.